The lowest BCUT2D eigenvalue weighted by atomic mass is 10.1. The van der Waals surface area contributed by atoms with E-state index >= 15 is 0 Å². The van der Waals surface area contributed by atoms with Gasteiger partial charge < -0.3 is 14.6 Å². The minimum absolute atomic E-state index is 0.136. The van der Waals surface area contributed by atoms with E-state index in [0.717, 1.165) is 5.69 Å². The molecule has 22 heavy (non-hydrogen) atoms. The van der Waals surface area contributed by atoms with Crippen LogP contribution in [0.3, 0.4) is 0 Å². The number of alkyl carbamates (subject to hydrolysis) is 1. The number of nitrogens with zero attached hydrogens (tertiary/aromatic N) is 2. The molecule has 0 saturated carbocycles. The molecule has 0 spiro atoms. The van der Waals surface area contributed by atoms with Gasteiger partial charge in [0.15, 0.2) is 5.78 Å². The number of nitrogens with one attached hydrogen (secondary N) is 1. The van der Waals surface area contributed by atoms with Crippen molar-refractivity contribution in [3.63, 3.8) is 0 Å². The summed E-state index contributed by atoms with van der Waals surface area (Å²) in [5, 5.41) is 2.51. The molecule has 0 aliphatic rings. The maximum absolute atomic E-state index is 11.6. The van der Waals surface area contributed by atoms with E-state index in [1.165, 1.54) is 19.6 Å². The Morgan fingerprint density at radius 1 is 1.32 bits per heavy atom. The second-order valence-electron chi connectivity index (χ2n) is 5.03. The van der Waals surface area contributed by atoms with Crippen LogP contribution in [0.4, 0.5) is 4.79 Å². The molecule has 0 radical (unpaired) electrons. The highest BCUT2D eigenvalue weighted by molar-refractivity contribution is 5.85. The first-order chi connectivity index (χ1) is 10.6. The Hall–Kier alpha value is -2.63. The van der Waals surface area contributed by atoms with E-state index in [1.807, 2.05) is 41.1 Å². The van der Waals surface area contributed by atoms with Crippen LogP contribution in [-0.4, -0.2) is 34.6 Å². The lowest BCUT2D eigenvalue weighted by Gasteiger charge is -2.13. The van der Waals surface area contributed by atoms with Crippen LogP contribution in [0.1, 0.15) is 18.2 Å². The van der Waals surface area contributed by atoms with Crippen LogP contribution < -0.4 is 5.32 Å². The summed E-state index contributed by atoms with van der Waals surface area (Å²) in [6.45, 7) is 2.14. The second kappa shape index (κ2) is 7.40. The third kappa shape index (κ3) is 4.44. The molecule has 2 aromatic rings. The normalized spacial score (nSPS) is 11.7. The van der Waals surface area contributed by atoms with E-state index in [1.54, 1.807) is 6.33 Å². The van der Waals surface area contributed by atoms with Crippen molar-refractivity contribution >= 4 is 11.9 Å². The summed E-state index contributed by atoms with van der Waals surface area (Å²) in [5.41, 5.74) is 1.91. The summed E-state index contributed by atoms with van der Waals surface area (Å²) in [6, 6.07) is 9.39. The lowest BCUT2D eigenvalue weighted by Crippen LogP contribution is -2.41. The molecule has 1 unspecified atom stereocenters. The number of carbonyl (C=O) groups excluding carboxylic acids is 2. The van der Waals surface area contributed by atoms with Gasteiger partial charge in [-0.1, -0.05) is 30.3 Å². The largest absolute Gasteiger partial charge is 0.453 e. The zero-order chi connectivity index (χ0) is 15.9. The predicted octanol–water partition coefficient (Wildman–Crippen LogP) is 1.79. The Morgan fingerprint density at radius 3 is 2.68 bits per heavy atom. The highest BCUT2D eigenvalue weighted by Gasteiger charge is 2.19. The van der Waals surface area contributed by atoms with Gasteiger partial charge >= 0.3 is 6.09 Å². The maximum Gasteiger partial charge on any atom is 0.407 e. The van der Waals surface area contributed by atoms with Gasteiger partial charge in [-0.2, -0.15) is 0 Å². The zero-order valence-electron chi connectivity index (χ0n) is 12.7. The quantitative estimate of drug-likeness (QED) is 0.883. The van der Waals surface area contributed by atoms with Crippen molar-refractivity contribution in [1.82, 2.24) is 14.9 Å². The van der Waals surface area contributed by atoms with Gasteiger partial charge in [-0.3, -0.25) is 4.79 Å². The van der Waals surface area contributed by atoms with Gasteiger partial charge in [0.2, 0.25) is 0 Å². The van der Waals surface area contributed by atoms with Crippen molar-refractivity contribution in [3.05, 3.63) is 54.1 Å². The van der Waals surface area contributed by atoms with Crippen LogP contribution in [0.2, 0.25) is 0 Å². The molecule has 0 fully saturated rings. The van der Waals surface area contributed by atoms with Crippen LogP contribution in [-0.2, 0) is 22.5 Å². The van der Waals surface area contributed by atoms with Gasteiger partial charge in [0.05, 0.1) is 25.2 Å². The SMILES string of the molecule is COC(=O)NC(Cc1cn(Cc2ccccc2)cn1)C(C)=O. The topological polar surface area (TPSA) is 73.2 Å². The van der Waals surface area contributed by atoms with Crippen molar-refractivity contribution in [2.75, 3.05) is 7.11 Å². The summed E-state index contributed by atoms with van der Waals surface area (Å²) in [6.07, 6.45) is 3.31. The van der Waals surface area contributed by atoms with Crippen molar-refractivity contribution in [3.8, 4) is 0 Å². The first kappa shape index (κ1) is 15.8. The predicted molar refractivity (Wildman–Crippen MR) is 81.5 cm³/mol. The fourth-order valence-electron chi connectivity index (χ4n) is 2.10. The van der Waals surface area contributed by atoms with Crippen molar-refractivity contribution in [1.29, 1.82) is 0 Å². The molecule has 0 aliphatic heterocycles. The van der Waals surface area contributed by atoms with Gasteiger partial charge in [0.25, 0.3) is 0 Å². The molecule has 1 aromatic carbocycles. The first-order valence-electron chi connectivity index (χ1n) is 6.98. The van der Waals surface area contributed by atoms with Gasteiger partial charge in [0, 0.05) is 19.2 Å². The van der Waals surface area contributed by atoms with E-state index in [0.29, 0.717) is 13.0 Å². The van der Waals surface area contributed by atoms with Crippen LogP contribution in [0.25, 0.3) is 0 Å². The van der Waals surface area contributed by atoms with Gasteiger partial charge in [-0.25, -0.2) is 9.78 Å². The highest BCUT2D eigenvalue weighted by Crippen LogP contribution is 2.06. The molecule has 0 aliphatic carbocycles. The van der Waals surface area contributed by atoms with E-state index in [4.69, 9.17) is 0 Å². The molecule has 1 N–H and O–H groups in total. The molecular formula is C16H19N3O3. The summed E-state index contributed by atoms with van der Waals surface area (Å²) >= 11 is 0. The van der Waals surface area contributed by atoms with E-state index < -0.39 is 12.1 Å². The number of carbonyl (C=O) groups is 2. The summed E-state index contributed by atoms with van der Waals surface area (Å²) in [5.74, 6) is -0.136. The molecule has 6 heteroatoms. The monoisotopic (exact) mass is 301 g/mol. The molecule has 116 valence electrons. The van der Waals surface area contributed by atoms with Crippen molar-refractivity contribution in [2.45, 2.75) is 25.9 Å². The van der Waals surface area contributed by atoms with Crippen LogP contribution >= 0.6 is 0 Å². The van der Waals surface area contributed by atoms with Crippen LogP contribution in [0, 0.1) is 0 Å². The number of benzene rings is 1. The number of rotatable bonds is 6. The average Bonchev–Trinajstić information content (AvgIpc) is 2.94. The van der Waals surface area contributed by atoms with Crippen LogP contribution in [0.15, 0.2) is 42.9 Å². The fraction of sp³-hybridized carbons (Fsp3) is 0.312. The Balaban J connectivity index is 2.00. The van der Waals surface area contributed by atoms with Crippen LogP contribution in [0.5, 0.6) is 0 Å². The van der Waals surface area contributed by atoms with E-state index in [9.17, 15) is 9.59 Å². The number of imidazole rings is 1. The molecule has 1 aromatic heterocycles. The van der Waals surface area contributed by atoms with Gasteiger partial charge in [-0.05, 0) is 12.5 Å². The molecule has 1 amide bonds. The van der Waals surface area contributed by atoms with E-state index in [-0.39, 0.29) is 5.78 Å². The maximum atomic E-state index is 11.6. The zero-order valence-corrected chi connectivity index (χ0v) is 12.7. The molecule has 2 rings (SSSR count). The average molecular weight is 301 g/mol. The standard InChI is InChI=1S/C16H19N3O3/c1-12(20)15(18-16(21)22-2)8-14-10-19(11-17-14)9-13-6-4-3-5-7-13/h3-7,10-11,15H,8-9H2,1-2H3,(H,18,21). The number of amides is 1. The number of aromatic nitrogens is 2. The Bertz CT molecular complexity index is 637. The van der Waals surface area contributed by atoms with Gasteiger partial charge in [-0.15, -0.1) is 0 Å². The second-order valence-corrected chi connectivity index (χ2v) is 5.03. The molecule has 6 nitrogen and oxygen atoms in total. The number of hydrogen-bond acceptors (Lipinski definition) is 4. The summed E-state index contributed by atoms with van der Waals surface area (Å²) in [4.78, 5) is 27.1. The number of ketones is 1. The fourth-order valence-corrected chi connectivity index (χ4v) is 2.10. The number of hydrogen-bond donors (Lipinski definition) is 1. The van der Waals surface area contributed by atoms with Crippen molar-refractivity contribution in [2.24, 2.45) is 0 Å². The smallest absolute Gasteiger partial charge is 0.407 e. The van der Waals surface area contributed by atoms with Crippen molar-refractivity contribution < 1.29 is 14.3 Å². The Kier molecular flexibility index (Phi) is 5.30. The molecule has 0 saturated heterocycles. The van der Waals surface area contributed by atoms with Gasteiger partial charge in [0.1, 0.15) is 0 Å². The Morgan fingerprint density at radius 2 is 2.05 bits per heavy atom. The number of methoxy groups -OCH3 is 1. The number of Topliss-reactive ketones (excluding diaryl/α,β-unsaturated/α-hetero) is 1. The summed E-state index contributed by atoms with van der Waals surface area (Å²) in [7, 11) is 1.26. The molecule has 1 heterocycles. The molecule has 0 bridgehead atoms. The first-order valence-corrected chi connectivity index (χ1v) is 6.98. The summed E-state index contributed by atoms with van der Waals surface area (Å²) < 4.78 is 6.47. The minimum Gasteiger partial charge on any atom is -0.453 e. The third-order valence-electron chi connectivity index (χ3n) is 3.28. The highest BCUT2D eigenvalue weighted by atomic mass is 16.5. The lowest BCUT2D eigenvalue weighted by molar-refractivity contribution is -0.118. The van der Waals surface area contributed by atoms with E-state index in [2.05, 4.69) is 15.0 Å². The third-order valence-corrected chi connectivity index (χ3v) is 3.28. The molecule has 1 atom stereocenters. The number of ether oxygens (including phenoxy) is 1. The minimum atomic E-state index is -0.632. The Labute approximate surface area is 129 Å². The molecular weight excluding hydrogens is 282 g/mol.